The summed E-state index contributed by atoms with van der Waals surface area (Å²) in [6.45, 7) is 2.16. The molecule has 7 nitrogen and oxygen atoms in total. The maximum absolute atomic E-state index is 12.5. The zero-order chi connectivity index (χ0) is 22.2. The number of hydrazone groups is 1. The van der Waals surface area contributed by atoms with Gasteiger partial charge in [-0.3, -0.25) is 9.78 Å². The number of aromatic nitrogens is 1. The Morgan fingerprint density at radius 2 is 1.84 bits per heavy atom. The van der Waals surface area contributed by atoms with E-state index in [2.05, 4.69) is 15.5 Å². The first-order valence-electron chi connectivity index (χ1n) is 9.15. The van der Waals surface area contributed by atoms with E-state index in [1.807, 2.05) is 0 Å². The van der Waals surface area contributed by atoms with Gasteiger partial charge in [0.1, 0.15) is 0 Å². The van der Waals surface area contributed by atoms with Gasteiger partial charge in [0, 0.05) is 23.0 Å². The fourth-order valence-electron chi connectivity index (χ4n) is 2.50. The lowest BCUT2D eigenvalue weighted by atomic mass is 10.2. The summed E-state index contributed by atoms with van der Waals surface area (Å²) in [4.78, 5) is 28.4. The number of carbonyl (C=O) groups is 2. The topological polar surface area (TPSA) is 89.9 Å². The molecule has 0 bridgehead atoms. The molecule has 1 aromatic heterocycles. The highest BCUT2D eigenvalue weighted by Crippen LogP contribution is 2.30. The molecule has 1 N–H and O–H groups in total. The maximum Gasteiger partial charge on any atom is 0.345 e. The van der Waals surface area contributed by atoms with E-state index >= 15 is 0 Å². The molecule has 0 aliphatic carbocycles. The largest absolute Gasteiger partial charge is 0.490 e. The highest BCUT2D eigenvalue weighted by molar-refractivity contribution is 6.36. The van der Waals surface area contributed by atoms with Gasteiger partial charge in [0.25, 0.3) is 5.91 Å². The molecule has 158 valence electrons. The second-order valence-electron chi connectivity index (χ2n) is 6.09. The van der Waals surface area contributed by atoms with Gasteiger partial charge in [0.05, 0.1) is 23.4 Å². The molecule has 9 heteroatoms. The number of amides is 1. The number of esters is 1. The number of carbonyl (C=O) groups excluding carboxylic acids is 2. The number of nitrogens with zero attached hydrogens (tertiary/aromatic N) is 2. The van der Waals surface area contributed by atoms with Crippen molar-refractivity contribution in [3.63, 3.8) is 0 Å². The molecule has 0 saturated carbocycles. The SMILES string of the molecule is CCOc1cc(C=NNC(=O)c2ccncc2)ccc1OC(=O)c1ccc(Cl)cc1Cl. The molecular weight excluding hydrogens is 441 g/mol. The highest BCUT2D eigenvalue weighted by atomic mass is 35.5. The van der Waals surface area contributed by atoms with Crippen molar-refractivity contribution in [1.82, 2.24) is 10.4 Å². The summed E-state index contributed by atoms with van der Waals surface area (Å²) in [6, 6.07) is 12.5. The van der Waals surface area contributed by atoms with Crippen LogP contribution in [0.4, 0.5) is 0 Å². The van der Waals surface area contributed by atoms with E-state index in [0.29, 0.717) is 28.5 Å². The molecule has 0 atom stereocenters. The monoisotopic (exact) mass is 457 g/mol. The lowest BCUT2D eigenvalue weighted by Gasteiger charge is -2.12. The standard InChI is InChI=1S/C22H17Cl2N3O4/c1-2-30-20-11-14(13-26-27-21(28)15-7-9-25-10-8-15)3-6-19(20)31-22(29)17-5-4-16(23)12-18(17)24/h3-13H,2H2,1H3,(H,27,28). The van der Waals surface area contributed by atoms with E-state index < -0.39 is 5.97 Å². The lowest BCUT2D eigenvalue weighted by Crippen LogP contribution is -2.17. The smallest absolute Gasteiger partial charge is 0.345 e. The molecule has 31 heavy (non-hydrogen) atoms. The van der Waals surface area contributed by atoms with Crippen molar-refractivity contribution in [2.24, 2.45) is 5.10 Å². The molecule has 1 heterocycles. The number of pyridine rings is 1. The zero-order valence-corrected chi connectivity index (χ0v) is 17.9. The summed E-state index contributed by atoms with van der Waals surface area (Å²) in [5.74, 6) is -0.455. The molecular formula is C22H17Cl2N3O4. The second-order valence-corrected chi connectivity index (χ2v) is 6.93. The minimum Gasteiger partial charge on any atom is -0.490 e. The third-order valence-electron chi connectivity index (χ3n) is 3.94. The summed E-state index contributed by atoms with van der Waals surface area (Å²) in [5.41, 5.74) is 3.67. The Balaban J connectivity index is 1.73. The fraction of sp³-hybridized carbons (Fsp3) is 0.0909. The van der Waals surface area contributed by atoms with Gasteiger partial charge in [-0.2, -0.15) is 5.10 Å². The zero-order valence-electron chi connectivity index (χ0n) is 16.3. The fourth-order valence-corrected chi connectivity index (χ4v) is 2.99. The molecule has 0 fully saturated rings. The molecule has 3 aromatic rings. The maximum atomic E-state index is 12.5. The van der Waals surface area contributed by atoms with Crippen LogP contribution in [0.25, 0.3) is 0 Å². The Bertz CT molecular complexity index is 1120. The van der Waals surface area contributed by atoms with Crippen molar-refractivity contribution in [3.8, 4) is 11.5 Å². The summed E-state index contributed by atoms with van der Waals surface area (Å²) in [5, 5.41) is 4.54. The van der Waals surface area contributed by atoms with Crippen LogP contribution in [-0.4, -0.2) is 29.7 Å². The van der Waals surface area contributed by atoms with Crippen LogP contribution in [0.5, 0.6) is 11.5 Å². The van der Waals surface area contributed by atoms with Crippen LogP contribution in [0.3, 0.4) is 0 Å². The van der Waals surface area contributed by atoms with Crippen molar-refractivity contribution in [3.05, 3.63) is 87.7 Å². The van der Waals surface area contributed by atoms with Crippen LogP contribution in [0.15, 0.2) is 66.0 Å². The molecule has 0 spiro atoms. The van der Waals surface area contributed by atoms with Crippen molar-refractivity contribution in [2.45, 2.75) is 6.92 Å². The Morgan fingerprint density at radius 1 is 1.06 bits per heavy atom. The number of hydrogen-bond donors (Lipinski definition) is 1. The first kappa shape index (κ1) is 22.3. The summed E-state index contributed by atoms with van der Waals surface area (Å²) >= 11 is 11.9. The average Bonchev–Trinajstić information content (AvgIpc) is 2.76. The second kappa shape index (κ2) is 10.6. The number of halogens is 2. The van der Waals surface area contributed by atoms with Gasteiger partial charge < -0.3 is 9.47 Å². The Labute approximate surface area is 188 Å². The molecule has 0 saturated heterocycles. The first-order chi connectivity index (χ1) is 15.0. The van der Waals surface area contributed by atoms with Gasteiger partial charge in [-0.1, -0.05) is 23.2 Å². The van der Waals surface area contributed by atoms with E-state index in [9.17, 15) is 9.59 Å². The molecule has 2 aromatic carbocycles. The van der Waals surface area contributed by atoms with Crippen molar-refractivity contribution in [1.29, 1.82) is 0 Å². The van der Waals surface area contributed by atoms with E-state index in [1.165, 1.54) is 30.7 Å². The Morgan fingerprint density at radius 3 is 2.55 bits per heavy atom. The van der Waals surface area contributed by atoms with Crippen LogP contribution >= 0.6 is 23.2 Å². The molecule has 0 radical (unpaired) electrons. The molecule has 3 rings (SSSR count). The molecule has 0 aliphatic heterocycles. The Kier molecular flexibility index (Phi) is 7.59. The number of nitrogens with one attached hydrogen (secondary N) is 1. The van der Waals surface area contributed by atoms with Gasteiger partial charge in [-0.25, -0.2) is 10.2 Å². The van der Waals surface area contributed by atoms with Crippen LogP contribution in [0.1, 0.15) is 33.2 Å². The minimum atomic E-state index is -0.645. The number of hydrogen-bond acceptors (Lipinski definition) is 6. The van der Waals surface area contributed by atoms with Crippen molar-refractivity contribution in [2.75, 3.05) is 6.61 Å². The summed E-state index contributed by atoms with van der Waals surface area (Å²) < 4.78 is 11.0. The molecule has 1 amide bonds. The summed E-state index contributed by atoms with van der Waals surface area (Å²) in [7, 11) is 0. The predicted octanol–water partition coefficient (Wildman–Crippen LogP) is 4.77. The average molecular weight is 458 g/mol. The third-order valence-corrected chi connectivity index (χ3v) is 4.49. The van der Waals surface area contributed by atoms with Gasteiger partial charge >= 0.3 is 5.97 Å². The van der Waals surface area contributed by atoms with Crippen LogP contribution in [-0.2, 0) is 0 Å². The number of ether oxygens (including phenoxy) is 2. The van der Waals surface area contributed by atoms with Gasteiger partial charge in [0.2, 0.25) is 0 Å². The van der Waals surface area contributed by atoms with E-state index in [1.54, 1.807) is 43.3 Å². The van der Waals surface area contributed by atoms with E-state index in [-0.39, 0.29) is 22.2 Å². The first-order valence-corrected chi connectivity index (χ1v) is 9.91. The molecule has 0 aliphatic rings. The van der Waals surface area contributed by atoms with Crippen molar-refractivity contribution >= 4 is 41.3 Å². The van der Waals surface area contributed by atoms with E-state index in [0.717, 1.165) is 0 Å². The Hall–Kier alpha value is -3.42. The van der Waals surface area contributed by atoms with Gasteiger partial charge in [-0.05, 0) is 61.0 Å². The van der Waals surface area contributed by atoms with Gasteiger partial charge in [0.15, 0.2) is 11.5 Å². The van der Waals surface area contributed by atoms with Crippen LogP contribution in [0, 0.1) is 0 Å². The minimum absolute atomic E-state index is 0.179. The van der Waals surface area contributed by atoms with Crippen molar-refractivity contribution < 1.29 is 19.1 Å². The lowest BCUT2D eigenvalue weighted by molar-refractivity contribution is 0.0728. The quantitative estimate of drug-likeness (QED) is 0.239. The number of rotatable bonds is 7. The normalized spacial score (nSPS) is 10.7. The van der Waals surface area contributed by atoms with Crippen LogP contribution in [0.2, 0.25) is 10.0 Å². The molecule has 0 unspecified atom stereocenters. The van der Waals surface area contributed by atoms with Crippen LogP contribution < -0.4 is 14.9 Å². The predicted molar refractivity (Wildman–Crippen MR) is 118 cm³/mol. The third kappa shape index (κ3) is 6.04. The van der Waals surface area contributed by atoms with Gasteiger partial charge in [-0.15, -0.1) is 0 Å². The summed E-state index contributed by atoms with van der Waals surface area (Å²) in [6.07, 6.45) is 4.48. The highest BCUT2D eigenvalue weighted by Gasteiger charge is 2.16. The number of benzene rings is 2. The van der Waals surface area contributed by atoms with E-state index in [4.69, 9.17) is 32.7 Å².